The minimum Gasteiger partial charge on any atom is -0.480 e. The predicted octanol–water partition coefficient (Wildman–Crippen LogP) is 2.44. The van der Waals surface area contributed by atoms with Crippen LogP contribution in [0.25, 0.3) is 10.9 Å². The summed E-state index contributed by atoms with van der Waals surface area (Å²) < 4.78 is 13.2. The normalized spacial score (nSPS) is 12.1. The van der Waals surface area contributed by atoms with Gasteiger partial charge in [0, 0.05) is 35.4 Å². The fourth-order valence-electron chi connectivity index (χ4n) is 2.59. The van der Waals surface area contributed by atoms with Crippen molar-refractivity contribution in [1.29, 1.82) is 0 Å². The fraction of sp³-hybridized carbons (Fsp3) is 0.167. The predicted molar refractivity (Wildman–Crippen MR) is 89.8 cm³/mol. The van der Waals surface area contributed by atoms with Crippen LogP contribution in [0.5, 0.6) is 0 Å². The molecule has 0 aliphatic carbocycles. The van der Waals surface area contributed by atoms with Crippen molar-refractivity contribution in [3.8, 4) is 0 Å². The number of rotatable bonds is 5. The average Bonchev–Trinajstić information content (AvgIpc) is 2.96. The molecule has 0 saturated carbocycles. The molecule has 7 heteroatoms. The number of hydrogen-bond acceptors (Lipinski definition) is 3. The van der Waals surface area contributed by atoms with Gasteiger partial charge in [-0.2, -0.15) is 0 Å². The highest BCUT2D eigenvalue weighted by Crippen LogP contribution is 2.20. The number of nitrogens with zero attached hydrogens (tertiary/aromatic N) is 1. The Morgan fingerprint density at radius 2 is 2.12 bits per heavy atom. The summed E-state index contributed by atoms with van der Waals surface area (Å²) in [5, 5.41) is 12.6. The number of H-pyrrole nitrogens is 1. The van der Waals surface area contributed by atoms with Crippen molar-refractivity contribution < 1.29 is 19.1 Å². The monoisotopic (exact) mass is 341 g/mol. The van der Waals surface area contributed by atoms with Gasteiger partial charge in [0.15, 0.2) is 0 Å². The highest BCUT2D eigenvalue weighted by atomic mass is 19.1. The summed E-state index contributed by atoms with van der Waals surface area (Å²) in [5.41, 5.74) is 2.31. The lowest BCUT2D eigenvalue weighted by Crippen LogP contribution is -2.42. The van der Waals surface area contributed by atoms with Crippen LogP contribution in [0, 0.1) is 12.7 Å². The molecule has 2 heterocycles. The van der Waals surface area contributed by atoms with E-state index in [-0.39, 0.29) is 17.8 Å². The van der Waals surface area contributed by atoms with Gasteiger partial charge in [0.2, 0.25) is 0 Å². The third kappa shape index (κ3) is 3.65. The van der Waals surface area contributed by atoms with E-state index in [0.717, 1.165) is 11.1 Å². The van der Waals surface area contributed by atoms with Gasteiger partial charge in [-0.1, -0.05) is 0 Å². The van der Waals surface area contributed by atoms with E-state index in [1.54, 1.807) is 31.3 Å². The molecule has 3 rings (SSSR count). The van der Waals surface area contributed by atoms with Crippen LogP contribution in [0.2, 0.25) is 0 Å². The van der Waals surface area contributed by atoms with Crippen molar-refractivity contribution in [2.24, 2.45) is 0 Å². The van der Waals surface area contributed by atoms with Gasteiger partial charge in [-0.05, 0) is 42.8 Å². The average molecular weight is 341 g/mol. The Balaban J connectivity index is 1.80. The summed E-state index contributed by atoms with van der Waals surface area (Å²) in [5.74, 6) is -2.04. The van der Waals surface area contributed by atoms with Gasteiger partial charge in [0.05, 0.1) is 5.56 Å². The van der Waals surface area contributed by atoms with Gasteiger partial charge in [-0.3, -0.25) is 9.78 Å². The molecule has 1 unspecified atom stereocenters. The summed E-state index contributed by atoms with van der Waals surface area (Å²) in [7, 11) is 0. The van der Waals surface area contributed by atoms with Gasteiger partial charge >= 0.3 is 5.97 Å². The molecule has 25 heavy (non-hydrogen) atoms. The Morgan fingerprint density at radius 1 is 1.32 bits per heavy atom. The molecule has 0 radical (unpaired) electrons. The summed E-state index contributed by atoms with van der Waals surface area (Å²) in [6.45, 7) is 1.79. The largest absolute Gasteiger partial charge is 0.480 e. The second-order valence-corrected chi connectivity index (χ2v) is 5.76. The standard InChI is InChI=1S/C18H16FN3O3/c1-10-2-3-11(8-20-10)17(23)22-16(18(24)25)6-12-9-21-15-7-13(19)4-5-14(12)15/h2-5,7-9,16,21H,6H2,1H3,(H,22,23)(H,24,25). The molecule has 128 valence electrons. The molecule has 1 amide bonds. The van der Waals surface area contributed by atoms with Crippen LogP contribution in [-0.2, 0) is 11.2 Å². The number of aromatic amines is 1. The lowest BCUT2D eigenvalue weighted by Gasteiger charge is -2.14. The number of nitrogens with one attached hydrogen (secondary N) is 2. The molecule has 6 nitrogen and oxygen atoms in total. The molecule has 0 bridgehead atoms. The maximum Gasteiger partial charge on any atom is 0.326 e. The van der Waals surface area contributed by atoms with E-state index in [4.69, 9.17) is 0 Å². The van der Waals surface area contributed by atoms with Gasteiger partial charge in [-0.25, -0.2) is 9.18 Å². The molecule has 1 aromatic carbocycles. The van der Waals surface area contributed by atoms with Crippen LogP contribution < -0.4 is 5.32 Å². The summed E-state index contributed by atoms with van der Waals surface area (Å²) >= 11 is 0. The first-order valence-corrected chi connectivity index (χ1v) is 7.66. The molecular weight excluding hydrogens is 325 g/mol. The third-order valence-corrected chi connectivity index (χ3v) is 3.93. The van der Waals surface area contributed by atoms with Crippen molar-refractivity contribution in [1.82, 2.24) is 15.3 Å². The van der Waals surface area contributed by atoms with Crippen LogP contribution in [-0.4, -0.2) is 33.0 Å². The number of pyridine rings is 1. The van der Waals surface area contributed by atoms with Gasteiger partial charge < -0.3 is 15.4 Å². The van der Waals surface area contributed by atoms with Crippen molar-refractivity contribution in [3.05, 3.63) is 65.4 Å². The van der Waals surface area contributed by atoms with Crippen LogP contribution >= 0.6 is 0 Å². The smallest absolute Gasteiger partial charge is 0.326 e. The van der Waals surface area contributed by atoms with Crippen LogP contribution in [0.4, 0.5) is 4.39 Å². The maximum absolute atomic E-state index is 13.2. The fourth-order valence-corrected chi connectivity index (χ4v) is 2.59. The molecule has 0 saturated heterocycles. The number of hydrogen-bond donors (Lipinski definition) is 3. The topological polar surface area (TPSA) is 95.1 Å². The first-order valence-electron chi connectivity index (χ1n) is 7.66. The zero-order chi connectivity index (χ0) is 18.0. The number of aliphatic carboxylic acids is 1. The molecule has 0 aliphatic heterocycles. The molecule has 1 atom stereocenters. The minimum absolute atomic E-state index is 0.0754. The van der Waals surface area contributed by atoms with Crippen molar-refractivity contribution >= 4 is 22.8 Å². The second kappa shape index (κ2) is 6.72. The summed E-state index contributed by atoms with van der Waals surface area (Å²) in [6.07, 6.45) is 3.10. The van der Waals surface area contributed by atoms with E-state index in [1.165, 1.54) is 18.3 Å². The lowest BCUT2D eigenvalue weighted by molar-refractivity contribution is -0.139. The van der Waals surface area contributed by atoms with Crippen molar-refractivity contribution in [2.45, 2.75) is 19.4 Å². The molecule has 3 N–H and O–H groups in total. The number of carbonyl (C=O) groups excluding carboxylic acids is 1. The Labute approximate surface area is 142 Å². The number of aromatic nitrogens is 2. The number of benzene rings is 1. The lowest BCUT2D eigenvalue weighted by atomic mass is 10.0. The van der Waals surface area contributed by atoms with Crippen LogP contribution in [0.1, 0.15) is 21.6 Å². The second-order valence-electron chi connectivity index (χ2n) is 5.76. The van der Waals surface area contributed by atoms with E-state index >= 15 is 0 Å². The molecule has 0 aliphatic rings. The maximum atomic E-state index is 13.2. The first-order chi connectivity index (χ1) is 11.9. The van der Waals surface area contributed by atoms with E-state index in [0.29, 0.717) is 11.1 Å². The Kier molecular flexibility index (Phi) is 4.47. The molecule has 0 fully saturated rings. The Bertz CT molecular complexity index is 934. The number of carboxylic acids is 1. The summed E-state index contributed by atoms with van der Waals surface area (Å²) in [4.78, 5) is 30.7. The van der Waals surface area contributed by atoms with Crippen molar-refractivity contribution in [3.63, 3.8) is 0 Å². The molecule has 3 aromatic rings. The van der Waals surface area contributed by atoms with E-state index in [2.05, 4.69) is 15.3 Å². The number of carbonyl (C=O) groups is 2. The minimum atomic E-state index is -1.15. The SMILES string of the molecule is Cc1ccc(C(=O)NC(Cc2c[nH]c3cc(F)ccc23)C(=O)O)cn1. The van der Waals surface area contributed by atoms with Gasteiger partial charge in [0.1, 0.15) is 11.9 Å². The zero-order valence-electron chi connectivity index (χ0n) is 13.4. The van der Waals surface area contributed by atoms with Crippen molar-refractivity contribution in [2.75, 3.05) is 0 Å². The third-order valence-electron chi connectivity index (χ3n) is 3.93. The van der Waals surface area contributed by atoms with E-state index < -0.39 is 17.9 Å². The first kappa shape index (κ1) is 16.6. The van der Waals surface area contributed by atoms with Crippen LogP contribution in [0.3, 0.4) is 0 Å². The Morgan fingerprint density at radius 3 is 2.80 bits per heavy atom. The van der Waals surface area contributed by atoms with Gasteiger partial charge in [-0.15, -0.1) is 0 Å². The summed E-state index contributed by atoms with van der Waals surface area (Å²) in [6, 6.07) is 6.39. The van der Waals surface area contributed by atoms with Gasteiger partial charge in [0.25, 0.3) is 5.91 Å². The highest BCUT2D eigenvalue weighted by Gasteiger charge is 2.22. The van der Waals surface area contributed by atoms with Crippen LogP contribution in [0.15, 0.2) is 42.7 Å². The van der Waals surface area contributed by atoms with E-state index in [9.17, 15) is 19.1 Å². The number of fused-ring (bicyclic) bond motifs is 1. The highest BCUT2D eigenvalue weighted by molar-refractivity contribution is 5.96. The zero-order valence-corrected chi connectivity index (χ0v) is 13.4. The number of amides is 1. The van der Waals surface area contributed by atoms with E-state index in [1.807, 2.05) is 0 Å². The quantitative estimate of drug-likeness (QED) is 0.664. The molecule has 0 spiro atoms. The number of carboxylic acid groups (broad SMARTS) is 1. The number of aryl methyl sites for hydroxylation is 1. The molecule has 2 aromatic heterocycles. The number of halogens is 1. The Hall–Kier alpha value is -3.22. The molecular formula is C18H16FN3O3.